The smallest absolute Gasteiger partial charge is 0.250 e. The Balaban J connectivity index is 1.79. The van der Waals surface area contributed by atoms with Crippen molar-refractivity contribution in [2.24, 2.45) is 5.73 Å². The van der Waals surface area contributed by atoms with Crippen molar-refractivity contribution in [3.63, 3.8) is 0 Å². The van der Waals surface area contributed by atoms with Gasteiger partial charge in [-0.05, 0) is 18.9 Å². The molecule has 2 unspecified atom stereocenters. The third kappa shape index (κ3) is 5.46. The van der Waals surface area contributed by atoms with E-state index in [1.165, 1.54) is 5.56 Å². The zero-order valence-corrected chi connectivity index (χ0v) is 12.6. The number of benzene rings is 1. The monoisotopic (exact) mass is 291 g/mol. The standard InChI is InChI=1S/C16H25N3O2/c1-13(17)7-8-18-16(20)15-12-19(9-10-21-15)11-14-5-3-2-4-6-14/h2-6,13,15H,7-12,17H2,1H3,(H,18,20). The van der Waals surface area contributed by atoms with E-state index >= 15 is 0 Å². The topological polar surface area (TPSA) is 67.6 Å². The molecule has 0 saturated carbocycles. The quantitative estimate of drug-likeness (QED) is 0.811. The molecular weight excluding hydrogens is 266 g/mol. The second kappa shape index (κ2) is 8.12. The highest BCUT2D eigenvalue weighted by Gasteiger charge is 2.26. The minimum atomic E-state index is -0.379. The molecule has 5 heteroatoms. The molecule has 1 amide bonds. The molecule has 1 aromatic rings. The number of carbonyl (C=O) groups is 1. The third-order valence-corrected chi connectivity index (χ3v) is 3.59. The van der Waals surface area contributed by atoms with Crippen molar-refractivity contribution in [1.29, 1.82) is 0 Å². The van der Waals surface area contributed by atoms with Crippen LogP contribution in [-0.2, 0) is 16.1 Å². The molecule has 3 N–H and O–H groups in total. The van der Waals surface area contributed by atoms with Crippen molar-refractivity contribution < 1.29 is 9.53 Å². The summed E-state index contributed by atoms with van der Waals surface area (Å²) in [6, 6.07) is 10.4. The summed E-state index contributed by atoms with van der Waals surface area (Å²) in [6.45, 7) is 5.49. The van der Waals surface area contributed by atoms with Crippen LogP contribution in [-0.4, -0.2) is 49.2 Å². The normalized spacial score (nSPS) is 21.0. The van der Waals surface area contributed by atoms with Gasteiger partial charge in [0.25, 0.3) is 0 Å². The molecule has 116 valence electrons. The average Bonchev–Trinajstić information content (AvgIpc) is 2.48. The number of nitrogens with two attached hydrogens (primary N) is 1. The predicted octanol–water partition coefficient (Wildman–Crippen LogP) is 0.741. The van der Waals surface area contributed by atoms with Gasteiger partial charge in [0.2, 0.25) is 5.91 Å². The molecule has 1 heterocycles. The minimum absolute atomic E-state index is 0.0339. The number of nitrogens with one attached hydrogen (secondary N) is 1. The molecule has 0 spiro atoms. The number of hydrogen-bond donors (Lipinski definition) is 2. The van der Waals surface area contributed by atoms with Crippen LogP contribution in [0.25, 0.3) is 0 Å². The van der Waals surface area contributed by atoms with E-state index in [4.69, 9.17) is 10.5 Å². The molecule has 5 nitrogen and oxygen atoms in total. The minimum Gasteiger partial charge on any atom is -0.366 e. The second-order valence-corrected chi connectivity index (χ2v) is 5.64. The molecule has 21 heavy (non-hydrogen) atoms. The van der Waals surface area contributed by atoms with Gasteiger partial charge in [0.1, 0.15) is 6.10 Å². The van der Waals surface area contributed by atoms with E-state index in [0.717, 1.165) is 19.5 Å². The summed E-state index contributed by atoms with van der Waals surface area (Å²) in [6.07, 6.45) is 0.405. The van der Waals surface area contributed by atoms with Crippen LogP contribution in [0.1, 0.15) is 18.9 Å². The Bertz CT molecular complexity index is 436. The lowest BCUT2D eigenvalue weighted by Gasteiger charge is -2.32. The first-order valence-corrected chi connectivity index (χ1v) is 7.56. The predicted molar refractivity (Wildman–Crippen MR) is 82.7 cm³/mol. The first-order valence-electron chi connectivity index (χ1n) is 7.56. The van der Waals surface area contributed by atoms with E-state index in [-0.39, 0.29) is 18.1 Å². The molecule has 1 aliphatic rings. The fourth-order valence-electron chi connectivity index (χ4n) is 2.38. The molecule has 0 radical (unpaired) electrons. The highest BCUT2D eigenvalue weighted by Crippen LogP contribution is 2.10. The van der Waals surface area contributed by atoms with E-state index in [2.05, 4.69) is 22.3 Å². The van der Waals surface area contributed by atoms with Crippen LogP contribution in [0.4, 0.5) is 0 Å². The molecule has 0 aromatic heterocycles. The Morgan fingerprint density at radius 3 is 2.95 bits per heavy atom. The van der Waals surface area contributed by atoms with Crippen LogP contribution < -0.4 is 11.1 Å². The van der Waals surface area contributed by atoms with Crippen LogP contribution >= 0.6 is 0 Å². The van der Waals surface area contributed by atoms with Gasteiger partial charge in [0.05, 0.1) is 6.61 Å². The van der Waals surface area contributed by atoms with Gasteiger partial charge in [-0.15, -0.1) is 0 Å². The fourth-order valence-corrected chi connectivity index (χ4v) is 2.38. The van der Waals surface area contributed by atoms with Gasteiger partial charge in [0, 0.05) is 32.2 Å². The molecular formula is C16H25N3O2. The fraction of sp³-hybridized carbons (Fsp3) is 0.562. The van der Waals surface area contributed by atoms with Gasteiger partial charge < -0.3 is 15.8 Å². The lowest BCUT2D eigenvalue weighted by atomic mass is 10.2. The van der Waals surface area contributed by atoms with Gasteiger partial charge in [-0.3, -0.25) is 9.69 Å². The number of hydrogen-bond acceptors (Lipinski definition) is 4. The van der Waals surface area contributed by atoms with Crippen molar-refractivity contribution in [2.75, 3.05) is 26.2 Å². The SMILES string of the molecule is CC(N)CCNC(=O)C1CN(Cc2ccccc2)CCO1. The molecule has 2 atom stereocenters. The zero-order chi connectivity index (χ0) is 15.1. The summed E-state index contributed by atoms with van der Waals surface area (Å²) < 4.78 is 5.58. The molecule has 1 aromatic carbocycles. The Morgan fingerprint density at radius 2 is 2.24 bits per heavy atom. The second-order valence-electron chi connectivity index (χ2n) is 5.64. The lowest BCUT2D eigenvalue weighted by molar-refractivity contribution is -0.138. The van der Waals surface area contributed by atoms with Crippen molar-refractivity contribution in [3.8, 4) is 0 Å². The Kier molecular flexibility index (Phi) is 6.17. The maximum atomic E-state index is 12.1. The maximum absolute atomic E-state index is 12.1. The van der Waals surface area contributed by atoms with Crippen LogP contribution in [0.3, 0.4) is 0 Å². The zero-order valence-electron chi connectivity index (χ0n) is 12.6. The Morgan fingerprint density at radius 1 is 1.48 bits per heavy atom. The third-order valence-electron chi connectivity index (χ3n) is 3.59. The van der Waals surface area contributed by atoms with Gasteiger partial charge >= 0.3 is 0 Å². The van der Waals surface area contributed by atoms with E-state index in [1.54, 1.807) is 0 Å². The summed E-state index contributed by atoms with van der Waals surface area (Å²) in [7, 11) is 0. The van der Waals surface area contributed by atoms with Crippen molar-refractivity contribution in [1.82, 2.24) is 10.2 Å². The Labute approximate surface area is 126 Å². The van der Waals surface area contributed by atoms with Gasteiger partial charge in [0.15, 0.2) is 0 Å². The van der Waals surface area contributed by atoms with Crippen molar-refractivity contribution in [2.45, 2.75) is 32.0 Å². The summed E-state index contributed by atoms with van der Waals surface area (Å²) in [5, 5.41) is 2.90. The first-order chi connectivity index (χ1) is 10.1. The van der Waals surface area contributed by atoms with E-state index in [9.17, 15) is 4.79 Å². The van der Waals surface area contributed by atoms with Crippen LogP contribution in [0.5, 0.6) is 0 Å². The molecule has 1 aliphatic heterocycles. The summed E-state index contributed by atoms with van der Waals surface area (Å²) in [5.41, 5.74) is 6.93. The summed E-state index contributed by atoms with van der Waals surface area (Å²) in [4.78, 5) is 14.3. The number of nitrogens with zero attached hydrogens (tertiary/aromatic N) is 1. The van der Waals surface area contributed by atoms with Gasteiger partial charge in [-0.1, -0.05) is 30.3 Å². The molecule has 0 bridgehead atoms. The van der Waals surface area contributed by atoms with Crippen molar-refractivity contribution >= 4 is 5.91 Å². The Hall–Kier alpha value is -1.43. The molecule has 0 aliphatic carbocycles. The number of morpholine rings is 1. The van der Waals surface area contributed by atoms with E-state index in [1.807, 2.05) is 25.1 Å². The van der Waals surface area contributed by atoms with E-state index in [0.29, 0.717) is 19.7 Å². The maximum Gasteiger partial charge on any atom is 0.250 e. The molecule has 2 rings (SSSR count). The summed E-state index contributed by atoms with van der Waals surface area (Å²) >= 11 is 0. The summed E-state index contributed by atoms with van der Waals surface area (Å²) in [5.74, 6) is -0.0339. The van der Waals surface area contributed by atoms with Gasteiger partial charge in [-0.25, -0.2) is 0 Å². The number of ether oxygens (including phenoxy) is 1. The molecule has 1 saturated heterocycles. The highest BCUT2D eigenvalue weighted by atomic mass is 16.5. The van der Waals surface area contributed by atoms with Crippen molar-refractivity contribution in [3.05, 3.63) is 35.9 Å². The van der Waals surface area contributed by atoms with Crippen LogP contribution in [0.15, 0.2) is 30.3 Å². The first kappa shape index (κ1) is 15.9. The van der Waals surface area contributed by atoms with Crippen LogP contribution in [0.2, 0.25) is 0 Å². The van der Waals surface area contributed by atoms with E-state index < -0.39 is 0 Å². The van der Waals surface area contributed by atoms with Crippen LogP contribution in [0, 0.1) is 0 Å². The average molecular weight is 291 g/mol. The number of amides is 1. The number of carbonyl (C=O) groups excluding carboxylic acids is 1. The van der Waals surface area contributed by atoms with Gasteiger partial charge in [-0.2, -0.15) is 0 Å². The molecule has 1 fully saturated rings. The highest BCUT2D eigenvalue weighted by molar-refractivity contribution is 5.81. The lowest BCUT2D eigenvalue weighted by Crippen LogP contribution is -2.49. The largest absolute Gasteiger partial charge is 0.366 e. The number of rotatable bonds is 6.